The Morgan fingerprint density at radius 1 is 1.07 bits per heavy atom. The second-order valence-corrected chi connectivity index (χ2v) is 7.27. The van der Waals surface area contributed by atoms with Crippen LogP contribution in [0.2, 0.25) is 0 Å². The monoisotopic (exact) mass is 491 g/mol. The average molecular weight is 492 g/mol. The van der Waals surface area contributed by atoms with Crippen LogP contribution >= 0.6 is 28.1 Å². The van der Waals surface area contributed by atoms with Crippen molar-refractivity contribution in [3.05, 3.63) is 70.7 Å². The fraction of sp³-hybridized carbons (Fsp3) is 0.190. The largest absolute Gasteiger partial charge is 0.493 e. The number of halogens is 1. The van der Waals surface area contributed by atoms with Crippen molar-refractivity contribution in [2.45, 2.75) is 13.3 Å². The molecule has 2 amide bonds. The van der Waals surface area contributed by atoms with Crippen LogP contribution in [0.1, 0.15) is 34.1 Å². The second-order valence-electron chi connectivity index (χ2n) is 5.95. The summed E-state index contributed by atoms with van der Waals surface area (Å²) in [7, 11) is 0. The summed E-state index contributed by atoms with van der Waals surface area (Å²) in [6.45, 7) is 6.30. The first-order valence-electron chi connectivity index (χ1n) is 9.13. The van der Waals surface area contributed by atoms with Gasteiger partial charge in [0.25, 0.3) is 11.8 Å². The summed E-state index contributed by atoms with van der Waals surface area (Å²) >= 11 is 8.45. The van der Waals surface area contributed by atoms with E-state index in [2.05, 4.69) is 38.7 Å². The van der Waals surface area contributed by atoms with Crippen molar-refractivity contribution >= 4 is 45.1 Å². The molecule has 0 aliphatic heterocycles. The molecule has 9 heteroatoms. The third-order valence-corrected chi connectivity index (χ3v) is 4.35. The molecular formula is C21H22BrN3O4S. The highest BCUT2D eigenvalue weighted by atomic mass is 79.9. The lowest BCUT2D eigenvalue weighted by Crippen LogP contribution is -2.48. The number of ether oxygens (including phenoxy) is 2. The summed E-state index contributed by atoms with van der Waals surface area (Å²) < 4.78 is 11.8. The Labute approximate surface area is 188 Å². The van der Waals surface area contributed by atoms with Gasteiger partial charge in [0.05, 0.1) is 17.7 Å². The van der Waals surface area contributed by atoms with Gasteiger partial charge in [0.1, 0.15) is 18.1 Å². The molecule has 0 heterocycles. The summed E-state index contributed by atoms with van der Waals surface area (Å²) in [6.07, 6.45) is 2.39. The maximum absolute atomic E-state index is 12.6. The lowest BCUT2D eigenvalue weighted by Gasteiger charge is -2.14. The van der Waals surface area contributed by atoms with Crippen LogP contribution in [0, 0.1) is 0 Å². The molecule has 158 valence electrons. The highest BCUT2D eigenvalue weighted by Crippen LogP contribution is 2.23. The van der Waals surface area contributed by atoms with Crippen molar-refractivity contribution in [3.63, 3.8) is 0 Å². The normalized spacial score (nSPS) is 9.93. The van der Waals surface area contributed by atoms with Gasteiger partial charge in [-0.15, -0.1) is 0 Å². The van der Waals surface area contributed by atoms with E-state index in [1.165, 1.54) is 0 Å². The topological polar surface area (TPSA) is 88.7 Å². The van der Waals surface area contributed by atoms with Gasteiger partial charge in [-0.1, -0.05) is 47.6 Å². The van der Waals surface area contributed by atoms with Gasteiger partial charge < -0.3 is 9.47 Å². The molecule has 0 aliphatic rings. The number of hydrazine groups is 1. The van der Waals surface area contributed by atoms with E-state index in [4.69, 9.17) is 21.7 Å². The van der Waals surface area contributed by atoms with Gasteiger partial charge in [-0.3, -0.25) is 25.8 Å². The van der Waals surface area contributed by atoms with Crippen LogP contribution in [-0.4, -0.2) is 30.1 Å². The number of thiocarbonyl (C=S) groups is 1. The second kappa shape index (κ2) is 11.9. The van der Waals surface area contributed by atoms with E-state index < -0.39 is 11.8 Å². The van der Waals surface area contributed by atoms with Crippen molar-refractivity contribution in [1.82, 2.24) is 16.2 Å². The van der Waals surface area contributed by atoms with E-state index in [0.29, 0.717) is 29.2 Å². The van der Waals surface area contributed by atoms with Gasteiger partial charge in [0.2, 0.25) is 0 Å². The number of carbonyl (C=O) groups is 2. The zero-order chi connectivity index (χ0) is 21.9. The Hall–Kier alpha value is -2.91. The van der Waals surface area contributed by atoms with Crippen LogP contribution in [0.4, 0.5) is 0 Å². The summed E-state index contributed by atoms with van der Waals surface area (Å²) in [6, 6.07) is 11.9. The molecule has 7 nitrogen and oxygen atoms in total. The van der Waals surface area contributed by atoms with E-state index >= 15 is 0 Å². The number of nitrogens with one attached hydrogen (secondary N) is 3. The summed E-state index contributed by atoms with van der Waals surface area (Å²) in [5.74, 6) is -0.0965. The number of carbonyl (C=O) groups excluding carboxylic acids is 2. The zero-order valence-electron chi connectivity index (χ0n) is 16.4. The van der Waals surface area contributed by atoms with Crippen molar-refractivity contribution in [2.24, 2.45) is 0 Å². The molecule has 3 N–H and O–H groups in total. The molecule has 2 aromatic rings. The fourth-order valence-corrected chi connectivity index (χ4v) is 2.83. The molecule has 2 aromatic carbocycles. The molecule has 0 atom stereocenters. The van der Waals surface area contributed by atoms with Crippen LogP contribution in [-0.2, 0) is 0 Å². The molecule has 0 fully saturated rings. The molecule has 2 rings (SSSR count). The first-order valence-corrected chi connectivity index (χ1v) is 10.3. The van der Waals surface area contributed by atoms with Gasteiger partial charge >= 0.3 is 0 Å². The number of para-hydroxylation sites is 1. The number of hydrogen-bond acceptors (Lipinski definition) is 5. The number of rotatable bonds is 8. The Morgan fingerprint density at radius 3 is 2.53 bits per heavy atom. The molecule has 0 bridgehead atoms. The molecule has 0 unspecified atom stereocenters. The zero-order valence-corrected chi connectivity index (χ0v) is 18.8. The predicted molar refractivity (Wildman–Crippen MR) is 123 cm³/mol. The van der Waals surface area contributed by atoms with E-state index in [0.717, 1.165) is 10.9 Å². The highest BCUT2D eigenvalue weighted by molar-refractivity contribution is 9.10. The van der Waals surface area contributed by atoms with Crippen LogP contribution in [0.15, 0.2) is 59.6 Å². The molecule has 0 aliphatic carbocycles. The Balaban J connectivity index is 1.98. The first kappa shape index (κ1) is 23.4. The smallest absolute Gasteiger partial charge is 0.273 e. The summed E-state index contributed by atoms with van der Waals surface area (Å²) in [5, 5.41) is 2.45. The lowest BCUT2D eigenvalue weighted by molar-refractivity contribution is 0.0930. The number of hydrogen-bond donors (Lipinski definition) is 3. The fourth-order valence-electron chi connectivity index (χ4n) is 2.33. The van der Waals surface area contributed by atoms with Crippen LogP contribution in [0.3, 0.4) is 0 Å². The molecule has 0 spiro atoms. The van der Waals surface area contributed by atoms with Crippen LogP contribution < -0.4 is 25.6 Å². The van der Waals surface area contributed by atoms with E-state index in [1.54, 1.807) is 48.5 Å². The lowest BCUT2D eigenvalue weighted by atomic mass is 10.2. The first-order chi connectivity index (χ1) is 14.5. The van der Waals surface area contributed by atoms with Crippen molar-refractivity contribution < 1.29 is 19.1 Å². The summed E-state index contributed by atoms with van der Waals surface area (Å²) in [4.78, 5) is 25.0. The van der Waals surface area contributed by atoms with E-state index in [-0.39, 0.29) is 11.7 Å². The quantitative estimate of drug-likeness (QED) is 0.296. The molecule has 30 heavy (non-hydrogen) atoms. The SMILES string of the molecule is C=CCOc1ccccc1C(=O)NNC(=S)NC(=O)c1cc(Br)ccc1OCCC. The minimum absolute atomic E-state index is 0.0701. The molecule has 0 radical (unpaired) electrons. The van der Waals surface area contributed by atoms with Crippen LogP contribution in [0.5, 0.6) is 11.5 Å². The number of benzene rings is 2. The molecule has 0 saturated heterocycles. The third-order valence-electron chi connectivity index (χ3n) is 3.65. The third kappa shape index (κ3) is 6.85. The van der Waals surface area contributed by atoms with E-state index in [9.17, 15) is 9.59 Å². The minimum Gasteiger partial charge on any atom is -0.493 e. The maximum Gasteiger partial charge on any atom is 0.273 e. The van der Waals surface area contributed by atoms with Gasteiger partial charge in [-0.25, -0.2) is 0 Å². The minimum atomic E-state index is -0.472. The molecule has 0 saturated carbocycles. The van der Waals surface area contributed by atoms with Crippen molar-refractivity contribution in [3.8, 4) is 11.5 Å². The van der Waals surface area contributed by atoms with Crippen LogP contribution in [0.25, 0.3) is 0 Å². The molecule has 0 aromatic heterocycles. The molecular weight excluding hydrogens is 470 g/mol. The van der Waals surface area contributed by atoms with Gasteiger partial charge in [-0.2, -0.15) is 0 Å². The van der Waals surface area contributed by atoms with Crippen molar-refractivity contribution in [2.75, 3.05) is 13.2 Å². The Kier molecular flexibility index (Phi) is 9.30. The van der Waals surface area contributed by atoms with Gasteiger partial charge in [-0.05, 0) is 49.0 Å². The maximum atomic E-state index is 12.6. The van der Waals surface area contributed by atoms with Crippen molar-refractivity contribution in [1.29, 1.82) is 0 Å². The van der Waals surface area contributed by atoms with Gasteiger partial charge in [0, 0.05) is 4.47 Å². The predicted octanol–water partition coefficient (Wildman–Crippen LogP) is 3.75. The Morgan fingerprint density at radius 2 is 1.80 bits per heavy atom. The summed E-state index contributed by atoms with van der Waals surface area (Å²) in [5.41, 5.74) is 5.58. The number of amides is 2. The average Bonchev–Trinajstić information content (AvgIpc) is 2.75. The van der Waals surface area contributed by atoms with Gasteiger partial charge in [0.15, 0.2) is 5.11 Å². The van der Waals surface area contributed by atoms with E-state index in [1.807, 2.05) is 6.92 Å². The highest BCUT2D eigenvalue weighted by Gasteiger charge is 2.16. The Bertz CT molecular complexity index is 936. The standard InChI is InChI=1S/C21H22BrN3O4S/c1-3-11-28-17-8-6-5-7-15(17)20(27)24-25-21(30)23-19(26)16-13-14(22)9-10-18(16)29-12-4-2/h3,5-10,13H,1,4,11-12H2,2H3,(H,24,27)(H2,23,25,26,30).